The zero-order chi connectivity index (χ0) is 15.9. The second-order valence-electron chi connectivity index (χ2n) is 7.27. The summed E-state index contributed by atoms with van der Waals surface area (Å²) in [5, 5.41) is 0. The molecule has 0 bridgehead atoms. The Morgan fingerprint density at radius 2 is 1.91 bits per heavy atom. The fraction of sp³-hybridized carbons (Fsp3) is 0.722. The lowest BCUT2D eigenvalue weighted by molar-refractivity contribution is -0.0937. The number of carbonyl (C=O) groups excluding carboxylic acids is 1. The third kappa shape index (κ3) is 2.83. The van der Waals surface area contributed by atoms with E-state index in [1.54, 1.807) is 11.3 Å². The van der Waals surface area contributed by atoms with Crippen molar-refractivity contribution in [3.05, 3.63) is 21.9 Å². The minimum absolute atomic E-state index is 0.236. The van der Waals surface area contributed by atoms with Crippen LogP contribution in [0.15, 0.2) is 12.1 Å². The number of nitrogens with zero attached hydrogens (tertiary/aromatic N) is 2. The molecular weight excluding hydrogens is 308 g/mol. The zero-order valence-corrected chi connectivity index (χ0v) is 14.7. The summed E-state index contributed by atoms with van der Waals surface area (Å²) < 4.78 is 5.50. The highest BCUT2D eigenvalue weighted by Crippen LogP contribution is 2.51. The van der Waals surface area contributed by atoms with Gasteiger partial charge >= 0.3 is 0 Å². The Morgan fingerprint density at radius 1 is 1.17 bits per heavy atom. The molecular formula is C18H26N2O2S. The van der Waals surface area contributed by atoms with Crippen molar-refractivity contribution in [1.82, 2.24) is 9.80 Å². The van der Waals surface area contributed by atoms with Gasteiger partial charge < -0.3 is 9.64 Å². The lowest BCUT2D eigenvalue weighted by Gasteiger charge is -2.58. The Balaban J connectivity index is 1.38. The lowest BCUT2D eigenvalue weighted by Crippen LogP contribution is -2.61. The van der Waals surface area contributed by atoms with E-state index in [-0.39, 0.29) is 5.91 Å². The first-order chi connectivity index (χ1) is 11.2. The van der Waals surface area contributed by atoms with Gasteiger partial charge in [-0.2, -0.15) is 0 Å². The summed E-state index contributed by atoms with van der Waals surface area (Å²) in [7, 11) is 0. The van der Waals surface area contributed by atoms with E-state index >= 15 is 0 Å². The van der Waals surface area contributed by atoms with Crippen molar-refractivity contribution in [2.75, 3.05) is 39.4 Å². The number of morpholine rings is 1. The Hall–Kier alpha value is -0.910. The van der Waals surface area contributed by atoms with Crippen LogP contribution in [0.1, 0.15) is 40.2 Å². The maximum atomic E-state index is 12.6. The number of aryl methyl sites for hydroxylation is 1. The molecule has 4 rings (SSSR count). The molecule has 3 heterocycles. The number of thiophene rings is 1. The third-order valence-electron chi connectivity index (χ3n) is 6.11. The summed E-state index contributed by atoms with van der Waals surface area (Å²) in [5.74, 6) is 0.236. The fourth-order valence-electron chi connectivity index (χ4n) is 4.58. The van der Waals surface area contributed by atoms with Crippen LogP contribution >= 0.6 is 11.3 Å². The Labute approximate surface area is 142 Å². The monoisotopic (exact) mass is 334 g/mol. The Kier molecular flexibility index (Phi) is 4.20. The van der Waals surface area contributed by atoms with E-state index in [1.807, 2.05) is 12.1 Å². The molecule has 1 aromatic heterocycles. The van der Waals surface area contributed by atoms with E-state index in [9.17, 15) is 4.79 Å². The third-order valence-corrected chi connectivity index (χ3v) is 7.10. The Bertz CT molecular complexity index is 571. The molecule has 0 radical (unpaired) electrons. The molecule has 4 nitrogen and oxygen atoms in total. The number of hydrogen-bond acceptors (Lipinski definition) is 4. The molecule has 1 atom stereocenters. The van der Waals surface area contributed by atoms with Gasteiger partial charge in [0.15, 0.2) is 0 Å². The van der Waals surface area contributed by atoms with Crippen molar-refractivity contribution in [2.45, 2.75) is 38.6 Å². The van der Waals surface area contributed by atoms with Crippen LogP contribution in [0.4, 0.5) is 0 Å². The number of likely N-dealkylation sites (tertiary alicyclic amines) is 1. The van der Waals surface area contributed by atoms with Crippen molar-refractivity contribution in [3.63, 3.8) is 0 Å². The van der Waals surface area contributed by atoms with E-state index in [0.29, 0.717) is 5.41 Å². The second kappa shape index (κ2) is 6.19. The van der Waals surface area contributed by atoms with Gasteiger partial charge in [-0.1, -0.05) is 0 Å². The second-order valence-corrected chi connectivity index (χ2v) is 8.56. The van der Waals surface area contributed by atoms with Gasteiger partial charge in [0.25, 0.3) is 5.91 Å². The van der Waals surface area contributed by atoms with E-state index in [1.165, 1.54) is 30.6 Å². The molecule has 23 heavy (non-hydrogen) atoms. The van der Waals surface area contributed by atoms with Gasteiger partial charge in [0.1, 0.15) is 0 Å². The number of carbonyl (C=O) groups is 1. The summed E-state index contributed by atoms with van der Waals surface area (Å²) >= 11 is 1.62. The summed E-state index contributed by atoms with van der Waals surface area (Å²) in [4.78, 5) is 19.5. The van der Waals surface area contributed by atoms with Crippen LogP contribution in [0.2, 0.25) is 0 Å². The standard InChI is InChI=1S/C18H26N2O2S/c1-14-2-3-15(23-14)17(21)20-8-6-18(7-9-20)5-4-16(18)19-10-12-22-13-11-19/h2-3,16H,4-13H2,1H3. The summed E-state index contributed by atoms with van der Waals surface area (Å²) in [6, 6.07) is 4.75. The van der Waals surface area contributed by atoms with Crippen molar-refractivity contribution in [3.8, 4) is 0 Å². The van der Waals surface area contributed by atoms with Crippen molar-refractivity contribution >= 4 is 17.2 Å². The van der Waals surface area contributed by atoms with E-state index < -0.39 is 0 Å². The maximum absolute atomic E-state index is 12.6. The number of piperidine rings is 1. The van der Waals surface area contributed by atoms with Crippen LogP contribution in [0.25, 0.3) is 0 Å². The van der Waals surface area contributed by atoms with Gasteiger partial charge in [0.2, 0.25) is 0 Å². The smallest absolute Gasteiger partial charge is 0.263 e. The van der Waals surface area contributed by atoms with Crippen LogP contribution in [-0.4, -0.2) is 61.1 Å². The van der Waals surface area contributed by atoms with E-state index in [0.717, 1.165) is 50.3 Å². The van der Waals surface area contributed by atoms with Gasteiger partial charge in [0.05, 0.1) is 18.1 Å². The molecule has 0 aromatic carbocycles. The van der Waals surface area contributed by atoms with Crippen LogP contribution < -0.4 is 0 Å². The lowest BCUT2D eigenvalue weighted by atomic mass is 9.58. The fourth-order valence-corrected chi connectivity index (χ4v) is 5.42. The van der Waals surface area contributed by atoms with Gasteiger partial charge in [-0.3, -0.25) is 9.69 Å². The molecule has 2 aliphatic heterocycles. The molecule has 0 N–H and O–H groups in total. The van der Waals surface area contributed by atoms with Crippen LogP contribution in [-0.2, 0) is 4.74 Å². The minimum atomic E-state index is 0.236. The topological polar surface area (TPSA) is 32.8 Å². The summed E-state index contributed by atoms with van der Waals surface area (Å²) in [6.45, 7) is 7.86. The molecule has 5 heteroatoms. The Morgan fingerprint density at radius 3 is 2.48 bits per heavy atom. The van der Waals surface area contributed by atoms with Gasteiger partial charge in [-0.25, -0.2) is 0 Å². The van der Waals surface area contributed by atoms with E-state index in [4.69, 9.17) is 4.74 Å². The zero-order valence-electron chi connectivity index (χ0n) is 13.9. The highest BCUT2D eigenvalue weighted by molar-refractivity contribution is 7.13. The van der Waals surface area contributed by atoms with Gasteiger partial charge in [-0.15, -0.1) is 11.3 Å². The van der Waals surface area contributed by atoms with Crippen molar-refractivity contribution in [2.24, 2.45) is 5.41 Å². The molecule has 1 spiro atoms. The molecule has 2 saturated heterocycles. The summed E-state index contributed by atoms with van der Waals surface area (Å²) in [6.07, 6.45) is 5.02. The molecule has 3 aliphatic rings. The molecule has 1 aromatic rings. The van der Waals surface area contributed by atoms with Gasteiger partial charge in [-0.05, 0) is 50.2 Å². The molecule has 126 valence electrons. The predicted octanol–water partition coefficient (Wildman–Crippen LogP) is 2.77. The number of ether oxygens (including phenoxy) is 1. The average Bonchev–Trinajstić information content (AvgIpc) is 3.01. The average molecular weight is 334 g/mol. The molecule has 1 aliphatic carbocycles. The molecule has 1 unspecified atom stereocenters. The largest absolute Gasteiger partial charge is 0.379 e. The van der Waals surface area contributed by atoms with Crippen LogP contribution in [0, 0.1) is 12.3 Å². The maximum Gasteiger partial charge on any atom is 0.263 e. The first kappa shape index (κ1) is 15.6. The van der Waals surface area contributed by atoms with Crippen LogP contribution in [0.3, 0.4) is 0 Å². The minimum Gasteiger partial charge on any atom is -0.379 e. The first-order valence-corrected chi connectivity index (χ1v) is 9.67. The molecule has 1 amide bonds. The van der Waals surface area contributed by atoms with Gasteiger partial charge in [0, 0.05) is 37.1 Å². The van der Waals surface area contributed by atoms with Crippen LogP contribution in [0.5, 0.6) is 0 Å². The number of rotatable bonds is 2. The molecule has 3 fully saturated rings. The van der Waals surface area contributed by atoms with Crippen molar-refractivity contribution in [1.29, 1.82) is 0 Å². The van der Waals surface area contributed by atoms with Crippen molar-refractivity contribution < 1.29 is 9.53 Å². The molecule has 1 saturated carbocycles. The highest BCUT2D eigenvalue weighted by atomic mass is 32.1. The predicted molar refractivity (Wildman–Crippen MR) is 92.0 cm³/mol. The number of hydrogen-bond donors (Lipinski definition) is 0. The SMILES string of the molecule is Cc1ccc(C(=O)N2CCC3(CCC3N3CCOCC3)CC2)s1. The summed E-state index contributed by atoms with van der Waals surface area (Å²) in [5.41, 5.74) is 0.472. The highest BCUT2D eigenvalue weighted by Gasteiger charge is 2.51. The van der Waals surface area contributed by atoms with E-state index in [2.05, 4.69) is 16.7 Å². The quantitative estimate of drug-likeness (QED) is 0.834. The number of amides is 1. The first-order valence-electron chi connectivity index (χ1n) is 8.85. The normalized spacial score (nSPS) is 27.9.